The fourth-order valence-corrected chi connectivity index (χ4v) is 3.26. The molecule has 124 valence electrons. The smallest absolute Gasteiger partial charge is 0.353 e. The van der Waals surface area contributed by atoms with Gasteiger partial charge in [-0.05, 0) is 51.6 Å². The maximum Gasteiger partial charge on any atom is 0.353 e. The van der Waals surface area contributed by atoms with Crippen molar-refractivity contribution < 1.29 is 18.4 Å². The van der Waals surface area contributed by atoms with E-state index in [0.29, 0.717) is 20.5 Å². The summed E-state index contributed by atoms with van der Waals surface area (Å²) in [5, 5.41) is 2.08. The van der Waals surface area contributed by atoms with E-state index < -0.39 is 11.4 Å². The highest BCUT2D eigenvalue weighted by molar-refractivity contribution is 9.10. The van der Waals surface area contributed by atoms with Crippen LogP contribution in [0.25, 0.3) is 22.5 Å². The molecular formula is C18H9BrO5S. The third-order valence-electron chi connectivity index (χ3n) is 3.47. The highest BCUT2D eigenvalue weighted by atomic mass is 79.9. The van der Waals surface area contributed by atoms with Gasteiger partial charge in [0.1, 0.15) is 10.5 Å². The van der Waals surface area contributed by atoms with Gasteiger partial charge in [0.05, 0.1) is 5.39 Å². The number of carbonyl (C=O) groups excluding carboxylic acids is 1. The second-order valence-corrected chi connectivity index (χ2v) is 6.79. The van der Waals surface area contributed by atoms with E-state index in [4.69, 9.17) is 13.6 Å². The average Bonchev–Trinajstić information content (AvgIpc) is 3.29. The van der Waals surface area contributed by atoms with Gasteiger partial charge in [0.2, 0.25) is 16.9 Å². The summed E-state index contributed by atoms with van der Waals surface area (Å²) in [6.45, 7) is 0. The Morgan fingerprint density at radius 1 is 1.04 bits per heavy atom. The maximum atomic E-state index is 12.8. The molecule has 3 heterocycles. The van der Waals surface area contributed by atoms with Crippen molar-refractivity contribution in [3.63, 3.8) is 0 Å². The molecule has 0 aliphatic carbocycles. The number of benzene rings is 1. The summed E-state index contributed by atoms with van der Waals surface area (Å²) in [5.41, 5.74) is -0.0553. The number of hydrogen-bond donors (Lipinski definition) is 0. The molecule has 0 bridgehead atoms. The molecule has 4 rings (SSSR count). The fourth-order valence-electron chi connectivity index (χ4n) is 2.35. The van der Waals surface area contributed by atoms with Crippen LogP contribution in [0.3, 0.4) is 0 Å². The van der Waals surface area contributed by atoms with E-state index in [0.717, 1.165) is 0 Å². The van der Waals surface area contributed by atoms with E-state index >= 15 is 0 Å². The molecule has 0 aliphatic rings. The second kappa shape index (κ2) is 6.34. The summed E-state index contributed by atoms with van der Waals surface area (Å²) in [6, 6.07) is 13.4. The molecule has 1 aromatic carbocycles. The average molecular weight is 417 g/mol. The second-order valence-electron chi connectivity index (χ2n) is 5.06. The van der Waals surface area contributed by atoms with E-state index in [9.17, 15) is 9.59 Å². The molecule has 0 saturated carbocycles. The Labute approximate surface area is 153 Å². The van der Waals surface area contributed by atoms with Crippen molar-refractivity contribution in [1.29, 1.82) is 0 Å². The quantitative estimate of drug-likeness (QED) is 0.434. The number of fused-ring (bicyclic) bond motifs is 1. The van der Waals surface area contributed by atoms with Crippen LogP contribution in [0.4, 0.5) is 0 Å². The molecule has 0 fully saturated rings. The number of thiophene rings is 1. The first-order valence-corrected chi connectivity index (χ1v) is 8.88. The van der Waals surface area contributed by atoms with Gasteiger partial charge in [-0.2, -0.15) is 0 Å². The number of furan rings is 1. The molecule has 0 N–H and O–H groups in total. The van der Waals surface area contributed by atoms with Gasteiger partial charge in [-0.15, -0.1) is 11.3 Å². The van der Waals surface area contributed by atoms with E-state index in [2.05, 4.69) is 15.9 Å². The molecule has 4 aromatic rings. The summed E-state index contributed by atoms with van der Waals surface area (Å²) < 4.78 is 17.1. The third kappa shape index (κ3) is 2.92. The van der Waals surface area contributed by atoms with Crippen LogP contribution in [0.1, 0.15) is 9.67 Å². The molecule has 0 spiro atoms. The number of para-hydroxylation sites is 1. The van der Waals surface area contributed by atoms with Crippen LogP contribution in [-0.2, 0) is 0 Å². The summed E-state index contributed by atoms with van der Waals surface area (Å²) in [5.74, 6) is -0.466. The Balaban J connectivity index is 1.92. The Morgan fingerprint density at radius 3 is 2.60 bits per heavy atom. The lowest BCUT2D eigenvalue weighted by Crippen LogP contribution is -2.15. The molecule has 0 unspecified atom stereocenters. The van der Waals surface area contributed by atoms with Crippen LogP contribution in [0.5, 0.6) is 5.75 Å². The molecule has 0 aliphatic heterocycles. The van der Waals surface area contributed by atoms with E-state index in [-0.39, 0.29) is 17.3 Å². The van der Waals surface area contributed by atoms with Crippen LogP contribution in [0.2, 0.25) is 0 Å². The number of esters is 1. The first-order valence-electron chi connectivity index (χ1n) is 7.21. The molecule has 0 amide bonds. The minimum absolute atomic E-state index is 0.0688. The van der Waals surface area contributed by atoms with Gasteiger partial charge >= 0.3 is 5.97 Å². The highest BCUT2D eigenvalue weighted by Gasteiger charge is 2.23. The van der Waals surface area contributed by atoms with Gasteiger partial charge in [0.25, 0.3) is 0 Å². The van der Waals surface area contributed by atoms with Crippen molar-refractivity contribution in [2.75, 3.05) is 0 Å². The highest BCUT2D eigenvalue weighted by Crippen LogP contribution is 2.33. The molecule has 7 heteroatoms. The van der Waals surface area contributed by atoms with Gasteiger partial charge in [-0.1, -0.05) is 18.2 Å². The van der Waals surface area contributed by atoms with Gasteiger partial charge in [-0.3, -0.25) is 4.79 Å². The monoisotopic (exact) mass is 416 g/mol. The zero-order valence-electron chi connectivity index (χ0n) is 12.5. The first-order chi connectivity index (χ1) is 12.1. The number of halogens is 1. The maximum absolute atomic E-state index is 12.8. The molecule has 0 atom stereocenters. The van der Waals surface area contributed by atoms with Gasteiger partial charge in [-0.25, -0.2) is 4.79 Å². The van der Waals surface area contributed by atoms with Gasteiger partial charge in [0, 0.05) is 0 Å². The number of rotatable bonds is 3. The summed E-state index contributed by atoms with van der Waals surface area (Å²) >= 11 is 4.44. The molecule has 25 heavy (non-hydrogen) atoms. The minimum Gasteiger partial charge on any atom is -0.449 e. The predicted molar refractivity (Wildman–Crippen MR) is 97.2 cm³/mol. The van der Waals surface area contributed by atoms with Crippen molar-refractivity contribution in [3.8, 4) is 17.3 Å². The number of carbonyl (C=O) groups is 1. The minimum atomic E-state index is -0.621. The van der Waals surface area contributed by atoms with Crippen LogP contribution in [-0.4, -0.2) is 5.97 Å². The number of hydrogen-bond acceptors (Lipinski definition) is 6. The van der Waals surface area contributed by atoms with Gasteiger partial charge < -0.3 is 13.6 Å². The van der Waals surface area contributed by atoms with Crippen LogP contribution in [0, 0.1) is 0 Å². The lowest BCUT2D eigenvalue weighted by Gasteiger charge is -2.08. The molecule has 0 radical (unpaired) electrons. The predicted octanol–water partition coefficient (Wildman–Crippen LogP) is 5.10. The largest absolute Gasteiger partial charge is 0.449 e. The van der Waals surface area contributed by atoms with E-state index in [1.807, 2.05) is 0 Å². The Bertz CT molecular complexity index is 1120. The molecule has 5 nitrogen and oxygen atoms in total. The summed E-state index contributed by atoms with van der Waals surface area (Å²) in [4.78, 5) is 25.6. The topological polar surface area (TPSA) is 69.7 Å². The van der Waals surface area contributed by atoms with Crippen LogP contribution in [0.15, 0.2) is 72.2 Å². The van der Waals surface area contributed by atoms with E-state index in [1.165, 1.54) is 11.3 Å². The van der Waals surface area contributed by atoms with Crippen molar-refractivity contribution in [2.24, 2.45) is 0 Å². The lowest BCUT2D eigenvalue weighted by atomic mass is 10.2. The lowest BCUT2D eigenvalue weighted by molar-refractivity contribution is 0.0736. The van der Waals surface area contributed by atoms with Crippen molar-refractivity contribution in [3.05, 3.63) is 73.7 Å². The SMILES string of the molecule is O=C(Oc1c(-c2ccc(Br)o2)oc2ccccc2c1=O)c1cccs1. The Hall–Kier alpha value is -2.64. The standard InChI is InChI=1S/C18H9BrO5S/c19-14-8-7-12(22-14)16-17(24-18(21)13-6-3-9-25-13)15(20)10-4-1-2-5-11(10)23-16/h1-9H. The van der Waals surface area contributed by atoms with Gasteiger partial charge in [0.15, 0.2) is 10.4 Å². The fraction of sp³-hybridized carbons (Fsp3) is 0. The van der Waals surface area contributed by atoms with Crippen LogP contribution >= 0.6 is 27.3 Å². The molecular weight excluding hydrogens is 408 g/mol. The Morgan fingerprint density at radius 2 is 1.88 bits per heavy atom. The Kier molecular flexibility index (Phi) is 4.03. The third-order valence-corrected chi connectivity index (χ3v) is 4.75. The van der Waals surface area contributed by atoms with Crippen molar-refractivity contribution in [2.45, 2.75) is 0 Å². The van der Waals surface area contributed by atoms with Crippen molar-refractivity contribution >= 4 is 44.2 Å². The summed E-state index contributed by atoms with van der Waals surface area (Å²) in [6.07, 6.45) is 0. The van der Waals surface area contributed by atoms with Crippen LogP contribution < -0.4 is 10.2 Å². The van der Waals surface area contributed by atoms with E-state index in [1.54, 1.807) is 53.9 Å². The molecule has 0 saturated heterocycles. The zero-order chi connectivity index (χ0) is 17.4. The zero-order valence-corrected chi connectivity index (χ0v) is 14.9. The molecule has 3 aromatic heterocycles. The summed E-state index contributed by atoms with van der Waals surface area (Å²) in [7, 11) is 0. The first kappa shape index (κ1) is 15.9. The number of ether oxygens (including phenoxy) is 1. The normalized spacial score (nSPS) is 10.9. The van der Waals surface area contributed by atoms with Crippen molar-refractivity contribution in [1.82, 2.24) is 0 Å².